The topological polar surface area (TPSA) is 120 Å². The molecular formula is C10H9F3N2O6S2. The molecule has 1 aromatic heterocycles. The van der Waals surface area contributed by atoms with Crippen molar-refractivity contribution in [2.24, 2.45) is 0 Å². The molecule has 0 atom stereocenters. The fourth-order valence-corrected chi connectivity index (χ4v) is 3.42. The first kappa shape index (κ1) is 19.1. The maximum atomic E-state index is 12.2. The van der Waals surface area contributed by atoms with Gasteiger partial charge in [0.05, 0.1) is 6.20 Å². The molecule has 13 heteroatoms. The Hall–Kier alpha value is -1.99. The van der Waals surface area contributed by atoms with E-state index < -0.39 is 42.2 Å². The van der Waals surface area contributed by atoms with Crippen LogP contribution in [0.2, 0.25) is 0 Å². The van der Waals surface area contributed by atoms with Crippen molar-refractivity contribution in [1.82, 2.24) is 9.11 Å². The molecule has 8 nitrogen and oxygen atoms in total. The third-order valence-electron chi connectivity index (χ3n) is 2.08. The highest BCUT2D eigenvalue weighted by Gasteiger charge is 2.48. The van der Waals surface area contributed by atoms with Gasteiger partial charge in [0.1, 0.15) is 4.90 Å². The summed E-state index contributed by atoms with van der Waals surface area (Å²) in [5.74, 6) is -1.36. The molecule has 0 spiro atoms. The zero-order chi connectivity index (χ0) is 18.1. The van der Waals surface area contributed by atoms with Crippen LogP contribution in [0.25, 0.3) is 0 Å². The lowest BCUT2D eigenvalue weighted by molar-refractivity contribution is -0.130. The predicted molar refractivity (Wildman–Crippen MR) is 70.0 cm³/mol. The van der Waals surface area contributed by atoms with Gasteiger partial charge in [-0.1, -0.05) is 10.7 Å². The monoisotopic (exact) mass is 374 g/mol. The summed E-state index contributed by atoms with van der Waals surface area (Å²) in [5, 5.41) is 0. The van der Waals surface area contributed by atoms with Gasteiger partial charge in [-0.15, -0.1) is 0 Å². The van der Waals surface area contributed by atoms with Crippen LogP contribution in [-0.2, 0) is 24.8 Å². The van der Waals surface area contributed by atoms with Gasteiger partial charge in [-0.2, -0.15) is 13.2 Å². The second-order valence-corrected chi connectivity index (χ2v) is 7.68. The number of nitrogens with one attached hydrogen (secondary N) is 1. The Kier molecular flexibility index (Phi) is 5.18. The third kappa shape index (κ3) is 4.74. The summed E-state index contributed by atoms with van der Waals surface area (Å²) in [6.07, 6.45) is 1.48. The van der Waals surface area contributed by atoms with Gasteiger partial charge >= 0.3 is 21.5 Å². The van der Waals surface area contributed by atoms with E-state index in [1.807, 2.05) is 0 Å². The highest BCUT2D eigenvalue weighted by molar-refractivity contribution is 8.05. The zero-order valence-electron chi connectivity index (χ0n) is 11.3. The molecule has 0 radical (unpaired) electrons. The molecule has 1 rings (SSSR count). The lowest BCUT2D eigenvalue weighted by Crippen LogP contribution is -2.40. The Balaban J connectivity index is 3.16. The number of sulfonamides is 2. The van der Waals surface area contributed by atoms with Gasteiger partial charge in [0.25, 0.3) is 10.0 Å². The summed E-state index contributed by atoms with van der Waals surface area (Å²) in [6.45, 7) is 4.57. The minimum atomic E-state index is -6.14. The molecule has 0 amide bonds. The number of aromatic nitrogens is 1. The molecule has 0 fully saturated rings. The summed E-state index contributed by atoms with van der Waals surface area (Å²) in [4.78, 5) is 13.7. The molecule has 128 valence electrons. The van der Waals surface area contributed by atoms with Gasteiger partial charge in [0.15, 0.2) is 5.75 Å². The molecule has 0 aliphatic rings. The summed E-state index contributed by atoms with van der Waals surface area (Å²) in [7, 11) is -11.3. The van der Waals surface area contributed by atoms with E-state index >= 15 is 0 Å². The standard InChI is InChI=1S/C10H9F3N2O6S2/c1-6(2)9(16)21-7-3-8(5-14-4-7)22(17,18)15-23(19,20)10(11,12)13/h3-5,15H,1H2,2H3. The van der Waals surface area contributed by atoms with Crippen LogP contribution >= 0.6 is 0 Å². The number of pyridine rings is 1. The van der Waals surface area contributed by atoms with Gasteiger partial charge in [0, 0.05) is 17.8 Å². The second-order valence-electron chi connectivity index (χ2n) is 4.06. The van der Waals surface area contributed by atoms with E-state index in [4.69, 9.17) is 0 Å². The van der Waals surface area contributed by atoms with E-state index in [-0.39, 0.29) is 5.57 Å². The van der Waals surface area contributed by atoms with Crippen molar-refractivity contribution in [2.75, 3.05) is 0 Å². The fraction of sp³-hybridized carbons (Fsp3) is 0.200. The molecule has 0 aliphatic heterocycles. The number of hydrogen-bond acceptors (Lipinski definition) is 7. The molecule has 0 saturated carbocycles. The average Bonchev–Trinajstić information content (AvgIpc) is 2.36. The van der Waals surface area contributed by atoms with Crippen molar-refractivity contribution < 1.29 is 39.5 Å². The zero-order valence-corrected chi connectivity index (χ0v) is 12.9. The third-order valence-corrected chi connectivity index (χ3v) is 5.29. The fourth-order valence-electron chi connectivity index (χ4n) is 1.04. The lowest BCUT2D eigenvalue weighted by Gasteiger charge is -2.10. The number of carbonyl (C=O) groups is 1. The van der Waals surface area contributed by atoms with Crippen molar-refractivity contribution >= 4 is 26.0 Å². The summed E-state index contributed by atoms with van der Waals surface area (Å²) < 4.78 is 86.9. The molecule has 1 heterocycles. The number of halogens is 3. The maximum absolute atomic E-state index is 12.2. The number of carbonyl (C=O) groups excluding carboxylic acids is 1. The predicted octanol–water partition coefficient (Wildman–Crippen LogP) is 0.691. The normalized spacial score (nSPS) is 12.7. The number of hydrogen-bond donors (Lipinski definition) is 1. The maximum Gasteiger partial charge on any atom is 0.512 e. The molecule has 0 bridgehead atoms. The Morgan fingerprint density at radius 3 is 2.30 bits per heavy atom. The van der Waals surface area contributed by atoms with Crippen molar-refractivity contribution in [3.8, 4) is 5.75 Å². The molecule has 1 aromatic rings. The van der Waals surface area contributed by atoms with E-state index in [9.17, 15) is 34.8 Å². The van der Waals surface area contributed by atoms with Crippen LogP contribution in [0.3, 0.4) is 0 Å². The van der Waals surface area contributed by atoms with E-state index in [0.717, 1.165) is 6.20 Å². The Bertz CT molecular complexity index is 846. The largest absolute Gasteiger partial charge is 0.512 e. The SMILES string of the molecule is C=C(C)C(=O)Oc1cncc(S(=O)(=O)NS(=O)(=O)C(F)(F)F)c1. The second kappa shape index (κ2) is 6.25. The van der Waals surface area contributed by atoms with Crippen LogP contribution in [0.5, 0.6) is 5.75 Å². The van der Waals surface area contributed by atoms with E-state index in [1.165, 1.54) is 6.92 Å². The van der Waals surface area contributed by atoms with E-state index in [2.05, 4.69) is 16.3 Å². The number of ether oxygens (including phenoxy) is 1. The lowest BCUT2D eigenvalue weighted by atomic mass is 10.3. The van der Waals surface area contributed by atoms with Crippen molar-refractivity contribution in [2.45, 2.75) is 17.3 Å². The first-order chi connectivity index (χ1) is 10.3. The number of rotatable bonds is 5. The molecule has 1 N–H and O–H groups in total. The summed E-state index contributed by atoms with van der Waals surface area (Å²) in [5.41, 5.74) is -5.85. The van der Waals surface area contributed by atoms with Crippen LogP contribution in [0.4, 0.5) is 13.2 Å². The molecule has 0 unspecified atom stereocenters. The first-order valence-corrected chi connectivity index (χ1v) is 8.40. The average molecular weight is 374 g/mol. The van der Waals surface area contributed by atoms with Crippen molar-refractivity contribution in [3.05, 3.63) is 30.6 Å². The number of esters is 1. The Labute approximate surface area is 129 Å². The molecule has 23 heavy (non-hydrogen) atoms. The molecule has 0 saturated heterocycles. The summed E-state index contributed by atoms with van der Waals surface area (Å²) >= 11 is 0. The molecule has 0 aliphatic carbocycles. The van der Waals surface area contributed by atoms with Crippen LogP contribution in [0.1, 0.15) is 6.92 Å². The minimum absolute atomic E-state index is 0.0314. The van der Waals surface area contributed by atoms with Crippen molar-refractivity contribution in [3.63, 3.8) is 0 Å². The number of nitrogens with zero attached hydrogens (tertiary/aromatic N) is 1. The van der Waals surface area contributed by atoms with Crippen LogP contribution < -0.4 is 8.86 Å². The van der Waals surface area contributed by atoms with Crippen molar-refractivity contribution in [1.29, 1.82) is 0 Å². The van der Waals surface area contributed by atoms with Gasteiger partial charge in [-0.25, -0.2) is 21.6 Å². The molecule has 0 aromatic carbocycles. The van der Waals surface area contributed by atoms with Crippen LogP contribution in [0.15, 0.2) is 35.5 Å². The minimum Gasteiger partial charge on any atom is -0.421 e. The quantitative estimate of drug-likeness (QED) is 0.595. The van der Waals surface area contributed by atoms with Gasteiger partial charge in [0.2, 0.25) is 0 Å². The highest BCUT2D eigenvalue weighted by atomic mass is 32.3. The first-order valence-electron chi connectivity index (χ1n) is 5.44. The highest BCUT2D eigenvalue weighted by Crippen LogP contribution is 2.24. The van der Waals surface area contributed by atoms with E-state index in [1.54, 1.807) is 0 Å². The van der Waals surface area contributed by atoms with Gasteiger partial charge in [-0.3, -0.25) is 4.98 Å². The smallest absolute Gasteiger partial charge is 0.421 e. The van der Waals surface area contributed by atoms with Crippen LogP contribution in [0, 0.1) is 0 Å². The number of alkyl halides is 3. The van der Waals surface area contributed by atoms with Gasteiger partial charge in [-0.05, 0) is 6.92 Å². The summed E-state index contributed by atoms with van der Waals surface area (Å²) in [6, 6.07) is 0.627. The molecular weight excluding hydrogens is 365 g/mol. The van der Waals surface area contributed by atoms with Gasteiger partial charge < -0.3 is 4.74 Å². The van der Waals surface area contributed by atoms with Crippen LogP contribution in [-0.4, -0.2) is 33.3 Å². The Morgan fingerprint density at radius 2 is 1.83 bits per heavy atom. The van der Waals surface area contributed by atoms with E-state index in [0.29, 0.717) is 16.4 Å². The Morgan fingerprint density at radius 1 is 1.26 bits per heavy atom.